The van der Waals surface area contributed by atoms with Gasteiger partial charge in [-0.3, -0.25) is 9.11 Å². The van der Waals surface area contributed by atoms with E-state index in [0.29, 0.717) is 67.1 Å². The molecular weight excluding hydrogens is 554 g/mol. The molecule has 14 heteroatoms. The zero-order valence-electron chi connectivity index (χ0n) is 22.9. The molecule has 0 spiro atoms. The Labute approximate surface area is 237 Å². The van der Waals surface area contributed by atoms with Gasteiger partial charge in [0.2, 0.25) is 16.0 Å². The van der Waals surface area contributed by atoms with Crippen molar-refractivity contribution in [2.75, 3.05) is 54.9 Å². The van der Waals surface area contributed by atoms with Gasteiger partial charge in [-0.25, -0.2) is 37.7 Å². The molecule has 1 saturated heterocycles. The van der Waals surface area contributed by atoms with E-state index < -0.39 is 28.3 Å². The predicted molar refractivity (Wildman–Crippen MR) is 158 cm³/mol. The van der Waals surface area contributed by atoms with Gasteiger partial charge < -0.3 is 15.0 Å². The summed E-state index contributed by atoms with van der Waals surface area (Å²) < 4.78 is 60.3. The molecule has 0 atom stereocenters. The molecule has 11 nitrogen and oxygen atoms in total. The maximum absolute atomic E-state index is 15.5. The molecule has 3 heterocycles. The number of morpholine rings is 1. The Balaban J connectivity index is 1.78. The highest BCUT2D eigenvalue weighted by molar-refractivity contribution is 7.92. The standard InChI is InChI=1S/C27H32F2N8O3S/c1-4-31-27(30-3)32-17-18(2)25-34-22-10-9-20(33-24(22)26(35-25)37-12-14-40-15-13-37)19-7-5-8-21(23(19)29)36-41(38,39)16-6-11-28/h5,7-10,17,36H,3-4,6,11-16H2,1-2H3,(H,31,32)/b18-17+. The van der Waals surface area contributed by atoms with Gasteiger partial charge in [0.15, 0.2) is 17.5 Å². The number of guanidine groups is 1. The first-order valence-corrected chi connectivity index (χ1v) is 14.7. The lowest BCUT2D eigenvalue weighted by atomic mass is 10.1. The van der Waals surface area contributed by atoms with Crippen LogP contribution in [0.3, 0.4) is 0 Å². The molecule has 0 bridgehead atoms. The Morgan fingerprint density at radius 2 is 1.98 bits per heavy atom. The number of anilines is 2. The van der Waals surface area contributed by atoms with Crippen molar-refractivity contribution in [3.05, 3.63) is 48.2 Å². The van der Waals surface area contributed by atoms with Gasteiger partial charge in [-0.15, -0.1) is 0 Å². The van der Waals surface area contributed by atoms with Crippen molar-refractivity contribution in [1.82, 2.24) is 20.3 Å². The molecular formula is C27H32F2N8O3S. The molecule has 2 N–H and O–H groups in total. The number of nitrogens with zero attached hydrogens (tertiary/aromatic N) is 6. The minimum absolute atomic E-state index is 0.0906. The molecule has 0 saturated carbocycles. The first-order chi connectivity index (χ1) is 19.8. The van der Waals surface area contributed by atoms with Crippen molar-refractivity contribution >= 4 is 50.8 Å². The van der Waals surface area contributed by atoms with Gasteiger partial charge in [0.25, 0.3) is 0 Å². The summed E-state index contributed by atoms with van der Waals surface area (Å²) in [7, 11) is -3.92. The average Bonchev–Trinajstić information content (AvgIpc) is 2.98. The Morgan fingerprint density at radius 3 is 2.68 bits per heavy atom. The van der Waals surface area contributed by atoms with E-state index in [9.17, 15) is 12.8 Å². The number of pyridine rings is 1. The van der Waals surface area contributed by atoms with Gasteiger partial charge in [0, 0.05) is 37.0 Å². The topological polar surface area (TPSA) is 134 Å². The lowest BCUT2D eigenvalue weighted by molar-refractivity contribution is 0.122. The van der Waals surface area contributed by atoms with Crippen LogP contribution >= 0.6 is 0 Å². The SMILES string of the molecule is C=N/C(=N\C=C(/C)c1nc(N2CCOCC2)c2nc(-c3cccc(NS(=O)(=O)CCCF)c3F)ccc2n1)NCC. The van der Waals surface area contributed by atoms with Crippen molar-refractivity contribution in [1.29, 1.82) is 0 Å². The number of rotatable bonds is 10. The second kappa shape index (κ2) is 13.5. The third kappa shape index (κ3) is 7.38. The van der Waals surface area contributed by atoms with Crippen LogP contribution in [0.2, 0.25) is 0 Å². The molecule has 2 aromatic heterocycles. The Morgan fingerprint density at radius 1 is 1.20 bits per heavy atom. The van der Waals surface area contributed by atoms with Gasteiger partial charge >= 0.3 is 0 Å². The molecule has 1 aliphatic heterocycles. The van der Waals surface area contributed by atoms with Gasteiger partial charge in [0.1, 0.15) is 5.52 Å². The van der Waals surface area contributed by atoms with Crippen LogP contribution in [0.5, 0.6) is 0 Å². The van der Waals surface area contributed by atoms with Crippen LogP contribution in [0.15, 0.2) is 46.5 Å². The first-order valence-electron chi connectivity index (χ1n) is 13.1. The molecule has 3 aromatic rings. The summed E-state index contributed by atoms with van der Waals surface area (Å²) in [6, 6.07) is 7.67. The fourth-order valence-electron chi connectivity index (χ4n) is 4.11. The number of sulfonamides is 1. The number of aromatic nitrogens is 3. The smallest absolute Gasteiger partial charge is 0.232 e. The van der Waals surface area contributed by atoms with E-state index in [4.69, 9.17) is 14.7 Å². The Bertz CT molecular complexity index is 1570. The lowest BCUT2D eigenvalue weighted by Gasteiger charge is -2.28. The summed E-state index contributed by atoms with van der Waals surface area (Å²) in [6.45, 7) is 9.30. The minimum Gasteiger partial charge on any atom is -0.378 e. The quantitative estimate of drug-likeness (QED) is 0.271. The highest BCUT2D eigenvalue weighted by Crippen LogP contribution is 2.31. The van der Waals surface area contributed by atoms with Gasteiger partial charge in [-0.05, 0) is 51.3 Å². The zero-order valence-corrected chi connectivity index (χ0v) is 23.7. The van der Waals surface area contributed by atoms with Crippen LogP contribution in [0.1, 0.15) is 26.1 Å². The van der Waals surface area contributed by atoms with Crippen molar-refractivity contribution in [2.45, 2.75) is 20.3 Å². The number of nitrogens with one attached hydrogen (secondary N) is 2. The normalized spacial score (nSPS) is 14.8. The molecule has 0 amide bonds. The highest BCUT2D eigenvalue weighted by atomic mass is 32.2. The van der Waals surface area contributed by atoms with Crippen LogP contribution < -0.4 is 14.9 Å². The summed E-state index contributed by atoms with van der Waals surface area (Å²) in [5, 5.41) is 3.00. The van der Waals surface area contributed by atoms with Crippen molar-refractivity contribution in [3.63, 3.8) is 0 Å². The van der Waals surface area contributed by atoms with E-state index in [1.165, 1.54) is 18.2 Å². The Hall–Kier alpha value is -4.04. The molecule has 218 valence electrons. The molecule has 0 radical (unpaired) electrons. The predicted octanol–water partition coefficient (Wildman–Crippen LogP) is 3.80. The molecule has 0 aliphatic carbocycles. The van der Waals surface area contributed by atoms with E-state index in [2.05, 4.69) is 31.7 Å². The van der Waals surface area contributed by atoms with Crippen LogP contribution in [0, 0.1) is 5.82 Å². The monoisotopic (exact) mass is 586 g/mol. The lowest BCUT2D eigenvalue weighted by Crippen LogP contribution is -2.37. The second-order valence-corrected chi connectivity index (χ2v) is 11.0. The van der Waals surface area contributed by atoms with Crippen molar-refractivity contribution < 1.29 is 21.9 Å². The van der Waals surface area contributed by atoms with Crippen LogP contribution in [-0.2, 0) is 14.8 Å². The number of benzene rings is 1. The first kappa shape index (κ1) is 29.9. The number of allylic oxidation sites excluding steroid dienone is 1. The number of alkyl halides is 1. The van der Waals surface area contributed by atoms with E-state index in [1.54, 1.807) is 18.3 Å². The van der Waals surface area contributed by atoms with Gasteiger partial charge in [-0.2, -0.15) is 0 Å². The zero-order chi connectivity index (χ0) is 29.4. The summed E-state index contributed by atoms with van der Waals surface area (Å²) in [4.78, 5) is 24.4. The van der Waals surface area contributed by atoms with Crippen molar-refractivity contribution in [2.24, 2.45) is 9.98 Å². The fraction of sp³-hybridized carbons (Fsp3) is 0.370. The maximum Gasteiger partial charge on any atom is 0.232 e. The summed E-state index contributed by atoms with van der Waals surface area (Å²) in [5.41, 5.74) is 1.80. The van der Waals surface area contributed by atoms with E-state index in [1.807, 2.05) is 18.7 Å². The number of hydrogen-bond donors (Lipinski definition) is 2. The maximum atomic E-state index is 15.5. The second-order valence-electron chi connectivity index (χ2n) is 9.12. The van der Waals surface area contributed by atoms with E-state index in [-0.39, 0.29) is 23.4 Å². The molecule has 1 aromatic carbocycles. The molecule has 1 aliphatic rings. The number of hydrogen-bond acceptors (Lipinski definition) is 8. The molecule has 1 fully saturated rings. The minimum atomic E-state index is -3.92. The number of halogens is 2. The van der Waals surface area contributed by atoms with Crippen LogP contribution in [0.4, 0.5) is 20.3 Å². The number of ether oxygens (including phenoxy) is 1. The average molecular weight is 587 g/mol. The number of fused-ring (bicyclic) bond motifs is 1. The third-order valence-electron chi connectivity index (χ3n) is 6.14. The van der Waals surface area contributed by atoms with Crippen LogP contribution in [-0.4, -0.2) is 81.3 Å². The molecule has 4 rings (SSSR count). The highest BCUT2D eigenvalue weighted by Gasteiger charge is 2.21. The van der Waals surface area contributed by atoms with Gasteiger partial charge in [0.05, 0.1) is 42.5 Å². The molecule has 0 unspecified atom stereocenters. The van der Waals surface area contributed by atoms with Crippen LogP contribution in [0.25, 0.3) is 27.9 Å². The third-order valence-corrected chi connectivity index (χ3v) is 7.50. The summed E-state index contributed by atoms with van der Waals surface area (Å²) in [5.74, 6) is 0.125. The molecule has 41 heavy (non-hydrogen) atoms. The summed E-state index contributed by atoms with van der Waals surface area (Å²) in [6.07, 6.45) is 1.42. The van der Waals surface area contributed by atoms with E-state index >= 15 is 4.39 Å². The van der Waals surface area contributed by atoms with Gasteiger partial charge in [-0.1, -0.05) is 6.07 Å². The fourth-order valence-corrected chi connectivity index (χ4v) is 5.19. The summed E-state index contributed by atoms with van der Waals surface area (Å²) >= 11 is 0. The largest absolute Gasteiger partial charge is 0.378 e. The number of aliphatic imine (C=N–C) groups is 2. The Kier molecular flexibility index (Phi) is 9.89. The van der Waals surface area contributed by atoms with E-state index in [0.717, 1.165) is 0 Å². The van der Waals surface area contributed by atoms with Crippen molar-refractivity contribution in [3.8, 4) is 11.3 Å².